The fraction of sp³-hybridized carbons (Fsp3) is 0.429. The van der Waals surface area contributed by atoms with Gasteiger partial charge in [-0.1, -0.05) is 6.07 Å². The molecule has 2 aromatic heterocycles. The van der Waals surface area contributed by atoms with E-state index in [9.17, 15) is 8.42 Å². The maximum atomic E-state index is 12.2. The van der Waals surface area contributed by atoms with E-state index in [-0.39, 0.29) is 0 Å². The molecule has 7 heteroatoms. The van der Waals surface area contributed by atoms with E-state index in [2.05, 4.69) is 10.0 Å². The van der Waals surface area contributed by atoms with Crippen molar-refractivity contribution in [2.45, 2.75) is 36.1 Å². The fourth-order valence-electron chi connectivity index (χ4n) is 1.96. The second-order valence-corrected chi connectivity index (χ2v) is 9.30. The zero-order valence-corrected chi connectivity index (χ0v) is 14.0. The molecule has 4 nitrogen and oxygen atoms in total. The summed E-state index contributed by atoms with van der Waals surface area (Å²) in [4.78, 5) is 2.26. The van der Waals surface area contributed by atoms with Gasteiger partial charge in [0.25, 0.3) is 0 Å². The molecular weight excluding hydrogens is 324 g/mol. The Hall–Kier alpha value is -0.730. The summed E-state index contributed by atoms with van der Waals surface area (Å²) >= 11 is 3.00. The van der Waals surface area contributed by atoms with Crippen LogP contribution in [0.15, 0.2) is 33.9 Å². The van der Waals surface area contributed by atoms with E-state index < -0.39 is 10.0 Å². The molecule has 0 spiro atoms. The van der Waals surface area contributed by atoms with E-state index in [1.54, 1.807) is 17.4 Å². The molecule has 3 rings (SSSR count). The van der Waals surface area contributed by atoms with Gasteiger partial charge >= 0.3 is 0 Å². The van der Waals surface area contributed by atoms with Gasteiger partial charge in [-0.3, -0.25) is 0 Å². The predicted octanol–water partition coefficient (Wildman–Crippen LogP) is 2.58. The highest BCUT2D eigenvalue weighted by atomic mass is 32.2. The summed E-state index contributed by atoms with van der Waals surface area (Å²) in [6.07, 6.45) is 3.21. The van der Waals surface area contributed by atoms with Crippen molar-refractivity contribution in [2.75, 3.05) is 6.54 Å². The number of rotatable bonds is 8. The smallest absolute Gasteiger partial charge is 0.250 e. The van der Waals surface area contributed by atoms with Crippen LogP contribution in [0, 0.1) is 0 Å². The number of sulfonamides is 1. The summed E-state index contributed by atoms with van der Waals surface area (Å²) in [7, 11) is -3.37. The third-order valence-electron chi connectivity index (χ3n) is 3.29. The summed E-state index contributed by atoms with van der Waals surface area (Å²) in [6.45, 7) is 1.20. The third kappa shape index (κ3) is 4.37. The van der Waals surface area contributed by atoms with Gasteiger partial charge < -0.3 is 5.32 Å². The van der Waals surface area contributed by atoms with Gasteiger partial charge in [-0.05, 0) is 42.8 Å². The lowest BCUT2D eigenvalue weighted by Gasteiger charge is -2.03. The zero-order valence-electron chi connectivity index (χ0n) is 11.5. The largest absolute Gasteiger partial charge is 0.309 e. The first-order chi connectivity index (χ1) is 10.1. The van der Waals surface area contributed by atoms with Crippen molar-refractivity contribution in [3.8, 4) is 0 Å². The van der Waals surface area contributed by atoms with Crippen molar-refractivity contribution in [1.82, 2.24) is 10.0 Å². The molecule has 2 aromatic rings. The number of hydrogen-bond acceptors (Lipinski definition) is 5. The summed E-state index contributed by atoms with van der Waals surface area (Å²) < 4.78 is 27.5. The minimum atomic E-state index is -3.37. The van der Waals surface area contributed by atoms with E-state index in [0.29, 0.717) is 16.8 Å². The van der Waals surface area contributed by atoms with Crippen LogP contribution in [0.25, 0.3) is 0 Å². The number of nitrogens with one attached hydrogen (secondary N) is 2. The van der Waals surface area contributed by atoms with Gasteiger partial charge in [0.05, 0.1) is 0 Å². The molecule has 0 bridgehead atoms. The highest BCUT2D eigenvalue weighted by Crippen LogP contribution is 2.24. The third-order valence-corrected chi connectivity index (χ3v) is 7.26. The van der Waals surface area contributed by atoms with Crippen LogP contribution in [0.3, 0.4) is 0 Å². The first-order valence-corrected chi connectivity index (χ1v) is 10.2. The minimum absolute atomic E-state index is 0.404. The maximum Gasteiger partial charge on any atom is 0.250 e. The summed E-state index contributed by atoms with van der Waals surface area (Å²) in [5.41, 5.74) is 0. The highest BCUT2D eigenvalue weighted by Gasteiger charge is 2.21. The Kier molecular flexibility index (Phi) is 4.75. The summed E-state index contributed by atoms with van der Waals surface area (Å²) in [5.74, 6) is 0. The van der Waals surface area contributed by atoms with Gasteiger partial charge in [0, 0.05) is 28.9 Å². The minimum Gasteiger partial charge on any atom is -0.309 e. The van der Waals surface area contributed by atoms with E-state index >= 15 is 0 Å². The molecule has 0 aromatic carbocycles. The monoisotopic (exact) mass is 342 g/mol. The molecule has 0 amide bonds. The quantitative estimate of drug-likeness (QED) is 0.775. The fourth-order valence-corrected chi connectivity index (χ4v) is 5.06. The molecule has 1 aliphatic carbocycles. The highest BCUT2D eigenvalue weighted by molar-refractivity contribution is 7.91. The van der Waals surface area contributed by atoms with Crippen LogP contribution in [-0.2, 0) is 23.0 Å². The van der Waals surface area contributed by atoms with Gasteiger partial charge in [0.2, 0.25) is 10.0 Å². The normalized spacial score (nSPS) is 15.4. The van der Waals surface area contributed by atoms with E-state index in [0.717, 1.165) is 17.8 Å². The first-order valence-electron chi connectivity index (χ1n) is 6.98. The molecule has 0 aliphatic heterocycles. The van der Waals surface area contributed by atoms with E-state index in [1.807, 2.05) is 23.6 Å². The van der Waals surface area contributed by atoms with Gasteiger partial charge in [-0.25, -0.2) is 13.1 Å². The Morgan fingerprint density at radius 1 is 1.19 bits per heavy atom. The summed E-state index contributed by atoms with van der Waals surface area (Å²) in [6, 6.07) is 8.23. The van der Waals surface area contributed by atoms with Gasteiger partial charge in [0.1, 0.15) is 4.21 Å². The molecule has 0 atom stereocenters. The zero-order chi connectivity index (χ0) is 14.7. The van der Waals surface area contributed by atoms with Crippen LogP contribution in [-0.4, -0.2) is 21.0 Å². The summed E-state index contributed by atoms with van der Waals surface area (Å²) in [5, 5.41) is 5.40. The molecule has 0 radical (unpaired) electrons. The maximum absolute atomic E-state index is 12.2. The van der Waals surface area contributed by atoms with Crippen molar-refractivity contribution < 1.29 is 8.42 Å². The first kappa shape index (κ1) is 15.2. The van der Waals surface area contributed by atoms with Crippen LogP contribution < -0.4 is 10.0 Å². The molecule has 21 heavy (non-hydrogen) atoms. The van der Waals surface area contributed by atoms with Crippen molar-refractivity contribution in [1.29, 1.82) is 0 Å². The predicted molar refractivity (Wildman–Crippen MR) is 87.4 cm³/mol. The molecule has 2 heterocycles. The standard InChI is InChI=1S/C14H18N2O2S3/c17-21(18,16-8-7-12-2-1-9-19-12)14-6-5-13(20-14)10-15-11-3-4-11/h1-2,5-6,9,11,15-16H,3-4,7-8,10H2. The van der Waals surface area contributed by atoms with Crippen LogP contribution in [0.4, 0.5) is 0 Å². The average molecular weight is 343 g/mol. The van der Waals surface area contributed by atoms with E-state index in [1.165, 1.54) is 29.1 Å². The molecule has 2 N–H and O–H groups in total. The molecule has 1 saturated carbocycles. The SMILES string of the molecule is O=S(=O)(NCCc1cccs1)c1ccc(CNC2CC2)s1. The van der Waals surface area contributed by atoms with Crippen LogP contribution in [0.2, 0.25) is 0 Å². The Labute approximate surface area is 133 Å². The van der Waals surface area contributed by atoms with Crippen molar-refractivity contribution in [2.24, 2.45) is 0 Å². The molecule has 114 valence electrons. The Balaban J connectivity index is 1.53. The molecule has 0 saturated heterocycles. The Morgan fingerprint density at radius 3 is 2.76 bits per heavy atom. The molecular formula is C14H18N2O2S3. The molecule has 0 unspecified atom stereocenters. The van der Waals surface area contributed by atoms with Crippen LogP contribution >= 0.6 is 22.7 Å². The van der Waals surface area contributed by atoms with Gasteiger partial charge in [0.15, 0.2) is 0 Å². The second kappa shape index (κ2) is 6.58. The average Bonchev–Trinajstić information content (AvgIpc) is 2.93. The molecule has 1 aliphatic rings. The van der Waals surface area contributed by atoms with Gasteiger partial charge in [-0.15, -0.1) is 22.7 Å². The Morgan fingerprint density at radius 2 is 2.05 bits per heavy atom. The Bertz CT molecular complexity index is 673. The van der Waals surface area contributed by atoms with Crippen molar-refractivity contribution >= 4 is 32.7 Å². The lowest BCUT2D eigenvalue weighted by molar-refractivity contribution is 0.584. The van der Waals surface area contributed by atoms with E-state index in [4.69, 9.17) is 0 Å². The topological polar surface area (TPSA) is 58.2 Å². The van der Waals surface area contributed by atoms with Crippen molar-refractivity contribution in [3.05, 3.63) is 39.4 Å². The van der Waals surface area contributed by atoms with Crippen molar-refractivity contribution in [3.63, 3.8) is 0 Å². The number of thiophene rings is 2. The van der Waals surface area contributed by atoms with Gasteiger partial charge in [-0.2, -0.15) is 0 Å². The molecule has 1 fully saturated rings. The second-order valence-electron chi connectivity index (χ2n) is 5.10. The lowest BCUT2D eigenvalue weighted by Crippen LogP contribution is -2.25. The van der Waals surface area contributed by atoms with Crippen LogP contribution in [0.5, 0.6) is 0 Å². The number of hydrogen-bond donors (Lipinski definition) is 2. The lowest BCUT2D eigenvalue weighted by atomic mass is 10.3. The van der Waals surface area contributed by atoms with Crippen LogP contribution in [0.1, 0.15) is 22.6 Å².